The molecule has 0 aromatic heterocycles. The number of carboxylic acids is 1. The van der Waals surface area contributed by atoms with Gasteiger partial charge in [-0.25, -0.2) is 4.79 Å². The number of primary amides is 1. The first-order valence-electron chi connectivity index (χ1n) is 9.99. The van der Waals surface area contributed by atoms with E-state index in [0.717, 1.165) is 5.56 Å². The minimum absolute atomic E-state index is 0.0859. The average molecular weight is 437 g/mol. The molecule has 11 heteroatoms. The topological polar surface area (TPSA) is 211 Å². The summed E-state index contributed by atoms with van der Waals surface area (Å²) in [5.41, 5.74) is 17.2. The third-order valence-electron chi connectivity index (χ3n) is 4.60. The molecule has 0 bridgehead atoms. The number of aromatic hydroxyl groups is 1. The molecule has 31 heavy (non-hydrogen) atoms. The predicted molar refractivity (Wildman–Crippen MR) is 113 cm³/mol. The van der Waals surface area contributed by atoms with E-state index in [0.29, 0.717) is 19.4 Å². The van der Waals surface area contributed by atoms with E-state index in [1.54, 1.807) is 12.1 Å². The van der Waals surface area contributed by atoms with E-state index in [-0.39, 0.29) is 31.4 Å². The lowest BCUT2D eigenvalue weighted by molar-refractivity contribution is -0.142. The normalized spacial score (nSPS) is 13.6. The van der Waals surface area contributed by atoms with E-state index < -0.39 is 41.8 Å². The fraction of sp³-hybridized carbons (Fsp3) is 0.500. The van der Waals surface area contributed by atoms with E-state index in [4.69, 9.17) is 17.2 Å². The maximum absolute atomic E-state index is 12.6. The molecule has 172 valence electrons. The van der Waals surface area contributed by atoms with Crippen LogP contribution in [-0.4, -0.2) is 58.6 Å². The molecule has 3 amide bonds. The van der Waals surface area contributed by atoms with Crippen molar-refractivity contribution < 1.29 is 29.4 Å². The summed E-state index contributed by atoms with van der Waals surface area (Å²) in [7, 11) is 0. The van der Waals surface area contributed by atoms with Crippen molar-refractivity contribution >= 4 is 23.7 Å². The molecule has 11 nitrogen and oxygen atoms in total. The number of benzene rings is 1. The summed E-state index contributed by atoms with van der Waals surface area (Å²) in [6, 6.07) is 2.91. The molecule has 1 rings (SSSR count). The Morgan fingerprint density at radius 3 is 2.10 bits per heavy atom. The van der Waals surface area contributed by atoms with Crippen molar-refractivity contribution in [2.75, 3.05) is 6.54 Å². The Kier molecular flexibility index (Phi) is 11.0. The first-order valence-corrected chi connectivity index (χ1v) is 9.99. The molecule has 3 atom stereocenters. The van der Waals surface area contributed by atoms with Gasteiger partial charge in [-0.1, -0.05) is 12.1 Å². The van der Waals surface area contributed by atoms with Gasteiger partial charge in [0.2, 0.25) is 17.7 Å². The fourth-order valence-corrected chi connectivity index (χ4v) is 2.84. The van der Waals surface area contributed by atoms with Crippen molar-refractivity contribution in [3.05, 3.63) is 29.8 Å². The van der Waals surface area contributed by atoms with Crippen LogP contribution in [0.4, 0.5) is 0 Å². The fourth-order valence-electron chi connectivity index (χ4n) is 2.84. The van der Waals surface area contributed by atoms with Crippen LogP contribution in [0, 0.1) is 0 Å². The number of nitrogens with one attached hydrogen (secondary N) is 2. The summed E-state index contributed by atoms with van der Waals surface area (Å²) >= 11 is 0. The van der Waals surface area contributed by atoms with Crippen molar-refractivity contribution in [2.45, 2.75) is 56.7 Å². The minimum atomic E-state index is -1.32. The van der Waals surface area contributed by atoms with Gasteiger partial charge in [0, 0.05) is 6.42 Å². The van der Waals surface area contributed by atoms with Crippen LogP contribution in [-0.2, 0) is 25.6 Å². The summed E-state index contributed by atoms with van der Waals surface area (Å²) in [4.78, 5) is 47.5. The van der Waals surface area contributed by atoms with Gasteiger partial charge in [-0.05, 0) is 56.3 Å². The number of hydrogen-bond donors (Lipinski definition) is 7. The number of unbranched alkanes of at least 4 members (excludes halogenated alkanes) is 1. The number of carbonyl (C=O) groups is 4. The summed E-state index contributed by atoms with van der Waals surface area (Å²) in [6.45, 7) is 0.402. The molecule has 0 aliphatic rings. The SMILES string of the molecule is NCCCC[C@H](NC(=O)[C@@H](N)Cc1ccc(O)cc1)C(=O)N[C@@H](CCC(N)=O)C(=O)O. The number of carboxylic acid groups (broad SMARTS) is 1. The lowest BCUT2D eigenvalue weighted by Crippen LogP contribution is -2.54. The third kappa shape index (κ3) is 9.92. The zero-order chi connectivity index (χ0) is 23.4. The second-order valence-electron chi connectivity index (χ2n) is 7.23. The number of hydrogen-bond acceptors (Lipinski definition) is 7. The smallest absolute Gasteiger partial charge is 0.326 e. The van der Waals surface area contributed by atoms with Crippen LogP contribution in [0.2, 0.25) is 0 Å². The largest absolute Gasteiger partial charge is 0.508 e. The molecule has 0 fully saturated rings. The molecule has 0 saturated carbocycles. The van der Waals surface area contributed by atoms with Gasteiger partial charge >= 0.3 is 5.97 Å². The van der Waals surface area contributed by atoms with E-state index in [9.17, 15) is 29.4 Å². The molecule has 1 aromatic carbocycles. The van der Waals surface area contributed by atoms with Gasteiger partial charge in [-0.15, -0.1) is 0 Å². The van der Waals surface area contributed by atoms with Crippen molar-refractivity contribution in [1.29, 1.82) is 0 Å². The number of amides is 3. The van der Waals surface area contributed by atoms with Gasteiger partial charge in [0.05, 0.1) is 6.04 Å². The number of aliphatic carboxylic acids is 1. The molecule has 1 aromatic rings. The van der Waals surface area contributed by atoms with Crippen molar-refractivity contribution in [3.63, 3.8) is 0 Å². The molecule has 0 unspecified atom stereocenters. The summed E-state index contributed by atoms with van der Waals surface area (Å²) in [5.74, 6) is -3.19. The van der Waals surface area contributed by atoms with Gasteiger partial charge in [-0.2, -0.15) is 0 Å². The van der Waals surface area contributed by atoms with Crippen LogP contribution in [0.15, 0.2) is 24.3 Å². The molecule has 0 spiro atoms. The Labute approximate surface area is 180 Å². The highest BCUT2D eigenvalue weighted by Gasteiger charge is 2.28. The quantitative estimate of drug-likeness (QED) is 0.174. The maximum Gasteiger partial charge on any atom is 0.326 e. The summed E-state index contributed by atoms with van der Waals surface area (Å²) < 4.78 is 0. The van der Waals surface area contributed by atoms with Crippen LogP contribution < -0.4 is 27.8 Å². The van der Waals surface area contributed by atoms with Crippen LogP contribution >= 0.6 is 0 Å². The summed E-state index contributed by atoms with van der Waals surface area (Å²) in [6.07, 6.45) is 1.19. The molecular weight excluding hydrogens is 406 g/mol. The van der Waals surface area contributed by atoms with Crippen molar-refractivity contribution in [1.82, 2.24) is 10.6 Å². The lowest BCUT2D eigenvalue weighted by Gasteiger charge is -2.23. The molecule has 0 heterocycles. The molecule has 10 N–H and O–H groups in total. The zero-order valence-electron chi connectivity index (χ0n) is 17.3. The van der Waals surface area contributed by atoms with Gasteiger partial charge in [-0.3, -0.25) is 14.4 Å². The molecule has 0 saturated heterocycles. The monoisotopic (exact) mass is 437 g/mol. The Morgan fingerprint density at radius 2 is 1.55 bits per heavy atom. The zero-order valence-corrected chi connectivity index (χ0v) is 17.3. The minimum Gasteiger partial charge on any atom is -0.508 e. The van der Waals surface area contributed by atoms with Crippen molar-refractivity contribution in [3.8, 4) is 5.75 Å². The number of rotatable bonds is 14. The number of phenolic OH excluding ortho intramolecular Hbond substituents is 1. The number of carbonyl (C=O) groups excluding carboxylic acids is 3. The highest BCUT2D eigenvalue weighted by molar-refractivity contribution is 5.92. The Morgan fingerprint density at radius 1 is 0.935 bits per heavy atom. The van der Waals surface area contributed by atoms with Crippen LogP contribution in [0.5, 0.6) is 5.75 Å². The number of phenols is 1. The molecule has 0 radical (unpaired) electrons. The second-order valence-corrected chi connectivity index (χ2v) is 7.23. The highest BCUT2D eigenvalue weighted by Crippen LogP contribution is 2.11. The Hall–Kier alpha value is -3.18. The van der Waals surface area contributed by atoms with Crippen molar-refractivity contribution in [2.24, 2.45) is 17.2 Å². The van der Waals surface area contributed by atoms with Gasteiger partial charge in [0.25, 0.3) is 0 Å². The lowest BCUT2D eigenvalue weighted by atomic mass is 10.0. The van der Waals surface area contributed by atoms with Crippen LogP contribution in [0.25, 0.3) is 0 Å². The van der Waals surface area contributed by atoms with E-state index in [1.807, 2.05) is 0 Å². The van der Waals surface area contributed by atoms with Gasteiger partial charge in [0.15, 0.2) is 0 Å². The van der Waals surface area contributed by atoms with Gasteiger partial charge < -0.3 is 38.0 Å². The van der Waals surface area contributed by atoms with E-state index in [2.05, 4.69) is 10.6 Å². The van der Waals surface area contributed by atoms with E-state index >= 15 is 0 Å². The van der Waals surface area contributed by atoms with Gasteiger partial charge in [0.1, 0.15) is 17.8 Å². The highest BCUT2D eigenvalue weighted by atomic mass is 16.4. The maximum atomic E-state index is 12.6. The van der Waals surface area contributed by atoms with E-state index in [1.165, 1.54) is 12.1 Å². The molecule has 0 aliphatic carbocycles. The first kappa shape index (κ1) is 25.9. The summed E-state index contributed by atoms with van der Waals surface area (Å²) in [5, 5.41) is 23.5. The number of nitrogens with two attached hydrogens (primary N) is 3. The first-order chi connectivity index (χ1) is 14.6. The van der Waals surface area contributed by atoms with Crippen LogP contribution in [0.1, 0.15) is 37.7 Å². The second kappa shape index (κ2) is 13.2. The average Bonchev–Trinajstić information content (AvgIpc) is 2.71. The van der Waals surface area contributed by atoms with Crippen LogP contribution in [0.3, 0.4) is 0 Å². The molecule has 0 aliphatic heterocycles. The molecular formula is C20H31N5O6. The predicted octanol–water partition coefficient (Wildman–Crippen LogP) is -1.29. The Balaban J connectivity index is 2.79. The Bertz CT molecular complexity index is 755. The third-order valence-corrected chi connectivity index (χ3v) is 4.60. The standard InChI is InChI=1S/C20H31N5O6/c21-10-2-1-3-15(19(29)25-16(20(30)31)8-9-17(23)27)24-18(28)14(22)11-12-4-6-13(26)7-5-12/h4-7,14-16,26H,1-3,8-11,21-22H2,(H2,23,27)(H,24,28)(H,25,29)(H,30,31)/t14-,15-,16-/m0/s1.